The number of amides is 1. The molecule has 3 aliphatic carbocycles. The van der Waals surface area contributed by atoms with Gasteiger partial charge in [-0.15, -0.1) is 10.2 Å². The summed E-state index contributed by atoms with van der Waals surface area (Å²) in [7, 11) is 0. The number of nitrogens with zero attached hydrogens (tertiary/aromatic N) is 4. The fourth-order valence-corrected chi connectivity index (χ4v) is 4.06. The van der Waals surface area contributed by atoms with E-state index >= 15 is 0 Å². The third kappa shape index (κ3) is 1.78. The maximum absolute atomic E-state index is 12.3. The molecule has 0 unspecified atom stereocenters. The van der Waals surface area contributed by atoms with Crippen molar-refractivity contribution in [3.63, 3.8) is 0 Å². The Balaban J connectivity index is 1.41. The summed E-state index contributed by atoms with van der Waals surface area (Å²) in [6.07, 6.45) is 5.25. The minimum Gasteiger partial charge on any atom is -0.349 e. The number of hydrogen-bond acceptors (Lipinski definition) is 4. The lowest BCUT2D eigenvalue weighted by Gasteiger charge is -2.72. The molecule has 0 aromatic rings. The van der Waals surface area contributed by atoms with Crippen molar-refractivity contribution in [1.29, 1.82) is 0 Å². The summed E-state index contributed by atoms with van der Waals surface area (Å²) in [5.41, 5.74) is 1.29. The monoisotopic (exact) mass is 285 g/mol. The standard InChI is InChI=1S/C15H19N5O/c1-10(2)14-7-15(8-14,9-14)16-12(21)6-20-5-3-4-11-13(20)18-19-17-11/h3-5,10H,6-9H2,1-2H3,(H,16,21). The molecule has 3 saturated carbocycles. The molecular weight excluding hydrogens is 266 g/mol. The number of fused-ring (bicyclic) bond motifs is 1. The molecule has 0 aromatic carbocycles. The molecule has 2 bridgehead atoms. The van der Waals surface area contributed by atoms with Gasteiger partial charge in [-0.25, -0.2) is 0 Å². The van der Waals surface area contributed by atoms with E-state index in [-0.39, 0.29) is 18.0 Å². The van der Waals surface area contributed by atoms with E-state index in [1.807, 2.05) is 18.3 Å². The molecule has 1 amide bonds. The van der Waals surface area contributed by atoms with Crippen LogP contribution < -0.4 is 5.32 Å². The smallest absolute Gasteiger partial charge is 0.240 e. The molecule has 3 fully saturated rings. The van der Waals surface area contributed by atoms with Crippen LogP contribution in [0.5, 0.6) is 0 Å². The molecular formula is C15H19N5O. The van der Waals surface area contributed by atoms with Gasteiger partial charge in [-0.05, 0) is 47.9 Å². The van der Waals surface area contributed by atoms with E-state index in [4.69, 9.17) is 0 Å². The van der Waals surface area contributed by atoms with Gasteiger partial charge < -0.3 is 9.88 Å². The fourth-order valence-electron chi connectivity index (χ4n) is 4.06. The Kier molecular flexibility index (Phi) is 2.44. The average molecular weight is 285 g/mol. The molecule has 0 spiro atoms. The predicted molar refractivity (Wildman–Crippen MR) is 76.4 cm³/mol. The number of nitrogens with one attached hydrogen (secondary N) is 1. The fraction of sp³-hybridized carbons (Fsp3) is 0.600. The predicted octanol–water partition coefficient (Wildman–Crippen LogP) is 1.47. The van der Waals surface area contributed by atoms with Crippen LogP contribution in [0.4, 0.5) is 0 Å². The molecule has 5 rings (SSSR count). The Morgan fingerprint density at radius 1 is 1.38 bits per heavy atom. The topological polar surface area (TPSA) is 72.7 Å². The highest BCUT2D eigenvalue weighted by molar-refractivity contribution is 5.78. The van der Waals surface area contributed by atoms with Crippen LogP contribution >= 0.6 is 0 Å². The van der Waals surface area contributed by atoms with Gasteiger partial charge in [0.2, 0.25) is 5.91 Å². The van der Waals surface area contributed by atoms with E-state index in [2.05, 4.69) is 34.6 Å². The van der Waals surface area contributed by atoms with Gasteiger partial charge >= 0.3 is 0 Å². The molecule has 5 aliphatic rings. The molecule has 21 heavy (non-hydrogen) atoms. The lowest BCUT2D eigenvalue weighted by Crippen LogP contribution is -2.76. The van der Waals surface area contributed by atoms with E-state index in [9.17, 15) is 4.79 Å². The highest BCUT2D eigenvalue weighted by Gasteiger charge is 2.69. The Labute approximate surface area is 123 Å². The third-order valence-corrected chi connectivity index (χ3v) is 5.33. The number of rotatable bonds is 4. The van der Waals surface area contributed by atoms with Gasteiger partial charge in [-0.1, -0.05) is 13.8 Å². The SMILES string of the molecule is CC(C)C12CC(NC(=O)Cn3cccc4nnnc3-4)(C1)C2. The van der Waals surface area contributed by atoms with E-state index < -0.39 is 0 Å². The van der Waals surface area contributed by atoms with Gasteiger partial charge in [0.15, 0.2) is 5.82 Å². The molecule has 1 N–H and O–H groups in total. The number of carbonyl (C=O) groups excluding carboxylic acids is 1. The van der Waals surface area contributed by atoms with Crippen LogP contribution in [0.3, 0.4) is 0 Å². The quantitative estimate of drug-likeness (QED) is 0.923. The lowest BCUT2D eigenvalue weighted by atomic mass is 9.36. The highest BCUT2D eigenvalue weighted by Crippen LogP contribution is 2.70. The van der Waals surface area contributed by atoms with Crippen LogP contribution in [0.1, 0.15) is 33.1 Å². The molecule has 110 valence electrons. The Morgan fingerprint density at radius 3 is 2.86 bits per heavy atom. The summed E-state index contributed by atoms with van der Waals surface area (Å²) >= 11 is 0. The second kappa shape index (κ2) is 4.02. The van der Waals surface area contributed by atoms with Crippen LogP contribution in [0.2, 0.25) is 0 Å². The first-order chi connectivity index (χ1) is 10.0. The zero-order valence-corrected chi connectivity index (χ0v) is 12.3. The summed E-state index contributed by atoms with van der Waals surface area (Å²) in [4.78, 5) is 12.3. The zero-order valence-electron chi connectivity index (χ0n) is 12.3. The molecule has 6 nitrogen and oxygen atoms in total. The molecule has 0 atom stereocenters. The van der Waals surface area contributed by atoms with Crippen LogP contribution in [-0.4, -0.2) is 31.4 Å². The van der Waals surface area contributed by atoms with Gasteiger partial charge in [-0.3, -0.25) is 4.79 Å². The molecule has 2 heterocycles. The second-order valence-electron chi connectivity index (χ2n) is 7.01. The largest absolute Gasteiger partial charge is 0.349 e. The van der Waals surface area contributed by atoms with E-state index in [1.54, 1.807) is 4.57 Å². The summed E-state index contributed by atoms with van der Waals surface area (Å²) in [5, 5.41) is 14.7. The first-order valence-electron chi connectivity index (χ1n) is 7.47. The maximum Gasteiger partial charge on any atom is 0.240 e. The third-order valence-electron chi connectivity index (χ3n) is 5.33. The number of aromatic nitrogens is 4. The van der Waals surface area contributed by atoms with Gasteiger partial charge in [-0.2, -0.15) is 0 Å². The summed E-state index contributed by atoms with van der Waals surface area (Å²) in [6, 6.07) is 3.71. The Bertz CT molecular complexity index is 657. The van der Waals surface area contributed by atoms with Gasteiger partial charge in [0, 0.05) is 11.7 Å². The molecule has 6 heteroatoms. The van der Waals surface area contributed by atoms with Gasteiger partial charge in [0.1, 0.15) is 12.2 Å². The van der Waals surface area contributed by atoms with E-state index in [1.165, 1.54) is 0 Å². The van der Waals surface area contributed by atoms with Gasteiger partial charge in [0.05, 0.1) is 0 Å². The average Bonchev–Trinajstić information content (AvgIpc) is 2.80. The number of hydrogen-bond donors (Lipinski definition) is 1. The van der Waals surface area contributed by atoms with Crippen molar-refractivity contribution in [3.05, 3.63) is 18.3 Å². The first-order valence-corrected chi connectivity index (χ1v) is 7.47. The second-order valence-corrected chi connectivity index (χ2v) is 7.01. The van der Waals surface area contributed by atoms with Crippen molar-refractivity contribution in [2.45, 2.75) is 45.2 Å². The van der Waals surface area contributed by atoms with Crippen LogP contribution in [0.15, 0.2) is 18.3 Å². The minimum atomic E-state index is 0.0487. The Morgan fingerprint density at radius 2 is 2.14 bits per heavy atom. The molecule has 2 aliphatic heterocycles. The lowest BCUT2D eigenvalue weighted by molar-refractivity contribution is -0.187. The van der Waals surface area contributed by atoms with E-state index in [0.29, 0.717) is 17.2 Å². The zero-order chi connectivity index (χ0) is 14.7. The minimum absolute atomic E-state index is 0.0487. The van der Waals surface area contributed by atoms with Crippen LogP contribution in [-0.2, 0) is 11.3 Å². The Hall–Kier alpha value is -1.98. The van der Waals surface area contributed by atoms with Crippen molar-refractivity contribution >= 4 is 5.91 Å². The molecule has 0 aromatic heterocycles. The number of carbonyl (C=O) groups is 1. The van der Waals surface area contributed by atoms with Crippen molar-refractivity contribution in [2.75, 3.05) is 0 Å². The van der Waals surface area contributed by atoms with Crippen molar-refractivity contribution in [1.82, 2.24) is 25.3 Å². The normalized spacial score (nSPS) is 30.0. The van der Waals surface area contributed by atoms with Crippen molar-refractivity contribution < 1.29 is 4.79 Å². The van der Waals surface area contributed by atoms with Crippen LogP contribution in [0.25, 0.3) is 11.5 Å². The number of pyridine rings is 1. The van der Waals surface area contributed by atoms with E-state index in [0.717, 1.165) is 25.0 Å². The van der Waals surface area contributed by atoms with Crippen LogP contribution in [0, 0.1) is 11.3 Å². The van der Waals surface area contributed by atoms with Crippen molar-refractivity contribution in [2.24, 2.45) is 11.3 Å². The molecule has 0 radical (unpaired) electrons. The summed E-state index contributed by atoms with van der Waals surface area (Å²) < 4.78 is 1.80. The summed E-state index contributed by atoms with van der Waals surface area (Å²) in [5.74, 6) is 1.42. The first kappa shape index (κ1) is 12.7. The van der Waals surface area contributed by atoms with Crippen molar-refractivity contribution in [3.8, 4) is 11.5 Å². The van der Waals surface area contributed by atoms with Gasteiger partial charge in [0.25, 0.3) is 0 Å². The molecule has 0 saturated heterocycles. The maximum atomic E-state index is 12.3. The highest BCUT2D eigenvalue weighted by atomic mass is 16.2. The summed E-state index contributed by atoms with van der Waals surface area (Å²) in [6.45, 7) is 4.83.